The quantitative estimate of drug-likeness (QED) is 0.734. The molecule has 16 heavy (non-hydrogen) atoms. The van der Waals surface area contributed by atoms with Gasteiger partial charge in [-0.15, -0.1) is 0 Å². The van der Waals surface area contributed by atoms with E-state index in [0.717, 1.165) is 25.9 Å². The highest BCUT2D eigenvalue weighted by Crippen LogP contribution is 2.01. The van der Waals surface area contributed by atoms with E-state index in [0.29, 0.717) is 6.04 Å². The lowest BCUT2D eigenvalue weighted by molar-refractivity contribution is 0.461. The van der Waals surface area contributed by atoms with Crippen molar-refractivity contribution in [2.75, 3.05) is 6.54 Å². The largest absolute Gasteiger partial charge is 0.334 e. The Morgan fingerprint density at radius 3 is 2.69 bits per heavy atom. The predicted octanol–water partition coefficient (Wildman–Crippen LogP) is 2.61. The zero-order valence-corrected chi connectivity index (χ0v) is 10.9. The smallest absolute Gasteiger partial charge is 0.108 e. The standard InChI is InChI=1S/C13H25N3/c1-4-7-13-15-9-11-16(13)10-8-14-12(5-2)6-3/h9,11-12,14H,4-8,10H2,1-3H3. The number of aromatic nitrogens is 2. The third-order valence-electron chi connectivity index (χ3n) is 3.05. The number of hydrogen-bond acceptors (Lipinski definition) is 2. The van der Waals surface area contributed by atoms with Gasteiger partial charge in [-0.05, 0) is 19.3 Å². The molecule has 0 spiro atoms. The van der Waals surface area contributed by atoms with Crippen LogP contribution in [0.2, 0.25) is 0 Å². The summed E-state index contributed by atoms with van der Waals surface area (Å²) < 4.78 is 2.26. The highest BCUT2D eigenvalue weighted by Gasteiger charge is 2.03. The van der Waals surface area contributed by atoms with E-state index < -0.39 is 0 Å². The molecule has 0 amide bonds. The first-order valence-electron chi connectivity index (χ1n) is 6.55. The molecule has 0 aliphatic carbocycles. The molecule has 3 nitrogen and oxygen atoms in total. The number of hydrogen-bond donors (Lipinski definition) is 1. The van der Waals surface area contributed by atoms with Crippen molar-refractivity contribution in [2.45, 2.75) is 59.0 Å². The van der Waals surface area contributed by atoms with Gasteiger partial charge >= 0.3 is 0 Å². The molecule has 0 radical (unpaired) electrons. The van der Waals surface area contributed by atoms with Crippen LogP contribution in [-0.2, 0) is 13.0 Å². The number of imidazole rings is 1. The van der Waals surface area contributed by atoms with Crippen molar-refractivity contribution in [3.63, 3.8) is 0 Å². The van der Waals surface area contributed by atoms with Crippen molar-refractivity contribution in [2.24, 2.45) is 0 Å². The Hall–Kier alpha value is -0.830. The molecule has 1 rings (SSSR count). The molecule has 0 aromatic carbocycles. The molecule has 0 aliphatic rings. The highest BCUT2D eigenvalue weighted by molar-refractivity contribution is 4.92. The van der Waals surface area contributed by atoms with Crippen molar-refractivity contribution in [1.29, 1.82) is 0 Å². The SMILES string of the molecule is CCCc1nccn1CCNC(CC)CC. The monoisotopic (exact) mass is 223 g/mol. The van der Waals surface area contributed by atoms with Gasteiger partial charge in [0.15, 0.2) is 0 Å². The minimum atomic E-state index is 0.665. The molecule has 0 atom stereocenters. The summed E-state index contributed by atoms with van der Waals surface area (Å²) >= 11 is 0. The highest BCUT2D eigenvalue weighted by atomic mass is 15.1. The molecule has 0 aliphatic heterocycles. The molecule has 1 aromatic heterocycles. The third kappa shape index (κ3) is 3.97. The van der Waals surface area contributed by atoms with Gasteiger partial charge in [-0.25, -0.2) is 4.98 Å². The fraction of sp³-hybridized carbons (Fsp3) is 0.769. The maximum Gasteiger partial charge on any atom is 0.108 e. The van der Waals surface area contributed by atoms with Gasteiger partial charge < -0.3 is 9.88 Å². The second-order valence-corrected chi connectivity index (χ2v) is 4.25. The maximum absolute atomic E-state index is 4.38. The van der Waals surface area contributed by atoms with Crippen molar-refractivity contribution in [3.8, 4) is 0 Å². The van der Waals surface area contributed by atoms with Gasteiger partial charge in [-0.3, -0.25) is 0 Å². The van der Waals surface area contributed by atoms with E-state index >= 15 is 0 Å². The molecule has 1 heterocycles. The Balaban J connectivity index is 2.33. The molecular weight excluding hydrogens is 198 g/mol. The summed E-state index contributed by atoms with van der Waals surface area (Å²) in [7, 11) is 0. The van der Waals surface area contributed by atoms with Gasteiger partial charge in [0.05, 0.1) is 0 Å². The Morgan fingerprint density at radius 1 is 1.31 bits per heavy atom. The summed E-state index contributed by atoms with van der Waals surface area (Å²) in [6.45, 7) is 8.74. The van der Waals surface area contributed by atoms with Crippen molar-refractivity contribution >= 4 is 0 Å². The fourth-order valence-electron chi connectivity index (χ4n) is 1.96. The Bertz CT molecular complexity index is 276. The zero-order chi connectivity index (χ0) is 11.8. The van der Waals surface area contributed by atoms with E-state index in [4.69, 9.17) is 0 Å². The normalized spacial score (nSPS) is 11.2. The molecule has 0 fully saturated rings. The lowest BCUT2D eigenvalue weighted by Gasteiger charge is -2.15. The topological polar surface area (TPSA) is 29.9 Å². The summed E-state index contributed by atoms with van der Waals surface area (Å²) in [4.78, 5) is 4.38. The Labute approximate surface area is 99.3 Å². The van der Waals surface area contributed by atoms with E-state index in [2.05, 4.69) is 41.8 Å². The zero-order valence-electron chi connectivity index (χ0n) is 10.9. The molecule has 0 bridgehead atoms. The first-order chi connectivity index (χ1) is 7.81. The molecular formula is C13H25N3. The van der Waals surface area contributed by atoms with Crippen molar-refractivity contribution in [1.82, 2.24) is 14.9 Å². The number of nitrogens with zero attached hydrogens (tertiary/aromatic N) is 2. The molecule has 3 heteroatoms. The van der Waals surface area contributed by atoms with Crippen molar-refractivity contribution in [3.05, 3.63) is 18.2 Å². The van der Waals surface area contributed by atoms with Crippen LogP contribution < -0.4 is 5.32 Å². The van der Waals surface area contributed by atoms with Gasteiger partial charge in [0.1, 0.15) is 5.82 Å². The minimum Gasteiger partial charge on any atom is -0.334 e. The number of nitrogens with one attached hydrogen (secondary N) is 1. The minimum absolute atomic E-state index is 0.665. The fourth-order valence-corrected chi connectivity index (χ4v) is 1.96. The molecule has 0 saturated heterocycles. The Kier molecular flexibility index (Phi) is 6.16. The van der Waals surface area contributed by atoms with E-state index in [1.54, 1.807) is 0 Å². The summed E-state index contributed by atoms with van der Waals surface area (Å²) in [6, 6.07) is 0.665. The van der Waals surface area contributed by atoms with E-state index in [9.17, 15) is 0 Å². The lowest BCUT2D eigenvalue weighted by atomic mass is 10.2. The van der Waals surface area contributed by atoms with E-state index in [1.807, 2.05) is 6.20 Å². The van der Waals surface area contributed by atoms with E-state index in [1.165, 1.54) is 18.7 Å². The van der Waals surface area contributed by atoms with Crippen LogP contribution in [0.3, 0.4) is 0 Å². The number of aryl methyl sites for hydroxylation is 1. The van der Waals surface area contributed by atoms with Crippen LogP contribution in [0.25, 0.3) is 0 Å². The van der Waals surface area contributed by atoms with Crippen LogP contribution in [0.15, 0.2) is 12.4 Å². The summed E-state index contributed by atoms with van der Waals surface area (Å²) in [6.07, 6.45) is 8.65. The molecule has 1 N–H and O–H groups in total. The van der Waals surface area contributed by atoms with Crippen LogP contribution in [0, 0.1) is 0 Å². The first-order valence-corrected chi connectivity index (χ1v) is 6.55. The average molecular weight is 223 g/mol. The maximum atomic E-state index is 4.38. The first kappa shape index (κ1) is 13.2. The average Bonchev–Trinajstić information content (AvgIpc) is 2.73. The Morgan fingerprint density at radius 2 is 2.06 bits per heavy atom. The third-order valence-corrected chi connectivity index (χ3v) is 3.05. The van der Waals surface area contributed by atoms with Crippen LogP contribution >= 0.6 is 0 Å². The van der Waals surface area contributed by atoms with Crippen LogP contribution in [-0.4, -0.2) is 22.1 Å². The summed E-state index contributed by atoms with van der Waals surface area (Å²) in [5.74, 6) is 1.22. The number of rotatable bonds is 8. The summed E-state index contributed by atoms with van der Waals surface area (Å²) in [5.41, 5.74) is 0. The van der Waals surface area contributed by atoms with Gasteiger partial charge in [-0.1, -0.05) is 20.8 Å². The lowest BCUT2D eigenvalue weighted by Crippen LogP contribution is -2.30. The second kappa shape index (κ2) is 7.44. The molecule has 92 valence electrons. The van der Waals surface area contributed by atoms with Crippen LogP contribution in [0.4, 0.5) is 0 Å². The summed E-state index contributed by atoms with van der Waals surface area (Å²) in [5, 5.41) is 3.58. The van der Waals surface area contributed by atoms with Gasteiger partial charge in [0, 0.05) is 37.9 Å². The van der Waals surface area contributed by atoms with Crippen molar-refractivity contribution < 1.29 is 0 Å². The van der Waals surface area contributed by atoms with Gasteiger partial charge in [0.25, 0.3) is 0 Å². The predicted molar refractivity (Wildman–Crippen MR) is 68.6 cm³/mol. The molecule has 1 aromatic rings. The van der Waals surface area contributed by atoms with Gasteiger partial charge in [0.2, 0.25) is 0 Å². The molecule has 0 unspecified atom stereocenters. The van der Waals surface area contributed by atoms with Crippen LogP contribution in [0.1, 0.15) is 45.9 Å². The second-order valence-electron chi connectivity index (χ2n) is 4.25. The van der Waals surface area contributed by atoms with E-state index in [-0.39, 0.29) is 0 Å². The van der Waals surface area contributed by atoms with Crippen LogP contribution in [0.5, 0.6) is 0 Å². The molecule has 0 saturated carbocycles. The van der Waals surface area contributed by atoms with Gasteiger partial charge in [-0.2, -0.15) is 0 Å².